The van der Waals surface area contributed by atoms with Gasteiger partial charge in [0, 0.05) is 18.0 Å². The van der Waals surface area contributed by atoms with Crippen molar-refractivity contribution in [2.45, 2.75) is 12.1 Å². The Balaban J connectivity index is 1.42. The van der Waals surface area contributed by atoms with E-state index in [4.69, 9.17) is 11.6 Å². The molecule has 2 fully saturated rings. The van der Waals surface area contributed by atoms with Gasteiger partial charge < -0.3 is 10.2 Å². The SMILES string of the molecule is O=C(Nc1ccc(Cl)c([N+](=O)[O-])c1)[C@H]1[C@H]2C(=O)N(c3ccc(F)cc3)C(=O)[C@@H]2[C@@H]2c3ccccc3C=CN12. The van der Waals surface area contributed by atoms with Gasteiger partial charge in [-0.05, 0) is 53.6 Å². The summed E-state index contributed by atoms with van der Waals surface area (Å²) in [5, 5.41) is 13.9. The van der Waals surface area contributed by atoms with Gasteiger partial charge in [-0.1, -0.05) is 35.9 Å². The number of nitrogens with zero attached hydrogens (tertiary/aromatic N) is 3. The fourth-order valence-corrected chi connectivity index (χ4v) is 5.83. The average molecular weight is 533 g/mol. The minimum atomic E-state index is -1.09. The van der Waals surface area contributed by atoms with Gasteiger partial charge in [0.05, 0.1) is 28.5 Å². The lowest BCUT2D eigenvalue weighted by Gasteiger charge is -2.35. The zero-order valence-corrected chi connectivity index (χ0v) is 20.2. The van der Waals surface area contributed by atoms with Gasteiger partial charge in [-0.2, -0.15) is 0 Å². The van der Waals surface area contributed by atoms with Gasteiger partial charge in [0.1, 0.15) is 16.9 Å². The Kier molecular flexibility index (Phi) is 5.50. The maximum atomic E-state index is 13.8. The first-order chi connectivity index (χ1) is 18.3. The van der Waals surface area contributed by atoms with E-state index in [1.165, 1.54) is 24.3 Å². The Morgan fingerprint density at radius 2 is 1.71 bits per heavy atom. The minimum absolute atomic E-state index is 0.0870. The lowest BCUT2D eigenvalue weighted by atomic mass is 9.84. The molecule has 3 aromatic rings. The number of nitro benzene ring substituents is 1. The maximum Gasteiger partial charge on any atom is 0.289 e. The van der Waals surface area contributed by atoms with Gasteiger partial charge in [0.25, 0.3) is 5.69 Å². The van der Waals surface area contributed by atoms with Crippen LogP contribution in [0.5, 0.6) is 0 Å². The van der Waals surface area contributed by atoms with Gasteiger partial charge in [-0.15, -0.1) is 0 Å². The van der Waals surface area contributed by atoms with E-state index < -0.39 is 52.4 Å². The van der Waals surface area contributed by atoms with Crippen LogP contribution in [-0.2, 0) is 14.4 Å². The molecular weight excluding hydrogens is 515 g/mol. The minimum Gasteiger partial charge on any atom is -0.357 e. The van der Waals surface area contributed by atoms with Gasteiger partial charge in [0.2, 0.25) is 17.7 Å². The molecule has 1 N–H and O–H groups in total. The quantitative estimate of drug-likeness (QED) is 0.300. The predicted octanol–water partition coefficient (Wildman–Crippen LogP) is 4.54. The van der Waals surface area contributed by atoms with E-state index in [0.717, 1.165) is 34.2 Å². The van der Waals surface area contributed by atoms with Crippen LogP contribution in [0.3, 0.4) is 0 Å². The van der Waals surface area contributed by atoms with Crippen molar-refractivity contribution in [1.82, 2.24) is 4.90 Å². The lowest BCUT2D eigenvalue weighted by molar-refractivity contribution is -0.384. The van der Waals surface area contributed by atoms with Crippen LogP contribution < -0.4 is 10.2 Å². The maximum absolute atomic E-state index is 13.8. The zero-order chi connectivity index (χ0) is 26.7. The third-order valence-electron chi connectivity index (χ3n) is 7.23. The number of fused-ring (bicyclic) bond motifs is 5. The number of carbonyl (C=O) groups is 3. The molecule has 0 unspecified atom stereocenters. The molecule has 3 aliphatic rings. The number of hydrogen-bond acceptors (Lipinski definition) is 6. The zero-order valence-electron chi connectivity index (χ0n) is 19.5. The number of imide groups is 1. The van der Waals surface area contributed by atoms with Gasteiger partial charge in [-0.25, -0.2) is 9.29 Å². The number of anilines is 2. The molecule has 3 aliphatic heterocycles. The van der Waals surface area contributed by atoms with Crippen molar-refractivity contribution < 1.29 is 23.7 Å². The largest absolute Gasteiger partial charge is 0.357 e. The van der Waals surface area contributed by atoms with E-state index in [9.17, 15) is 28.9 Å². The number of hydrogen-bond donors (Lipinski definition) is 1. The normalized spacial score (nSPS) is 23.2. The highest BCUT2D eigenvalue weighted by Crippen LogP contribution is 2.53. The molecule has 3 heterocycles. The molecule has 6 rings (SSSR count). The van der Waals surface area contributed by atoms with Crippen molar-refractivity contribution >= 4 is 52.5 Å². The van der Waals surface area contributed by atoms with Crippen molar-refractivity contribution in [3.63, 3.8) is 0 Å². The van der Waals surface area contributed by atoms with Crippen LogP contribution in [0.25, 0.3) is 6.08 Å². The molecule has 9 nitrogen and oxygen atoms in total. The van der Waals surface area contributed by atoms with E-state index >= 15 is 0 Å². The molecule has 4 atom stereocenters. The third kappa shape index (κ3) is 3.56. The highest BCUT2D eigenvalue weighted by atomic mass is 35.5. The molecule has 11 heteroatoms. The van der Waals surface area contributed by atoms with E-state index in [0.29, 0.717) is 0 Å². The first kappa shape index (κ1) is 23.8. The standard InChI is InChI=1S/C27H18ClFN4O5/c28-19-10-7-16(13-20(19)33(37)38)30-25(34)24-22-21(23-18-4-2-1-3-14(18)11-12-31(23)24)26(35)32(27(22)36)17-8-5-15(29)6-9-17/h1-13,21-24H,(H,30,34)/t21-,22-,23-,24+/m0/s1. The first-order valence-corrected chi connectivity index (χ1v) is 12.1. The van der Waals surface area contributed by atoms with Crippen LogP contribution in [0.15, 0.2) is 72.9 Å². The number of amides is 3. The monoisotopic (exact) mass is 532 g/mol. The molecule has 3 aromatic carbocycles. The van der Waals surface area contributed by atoms with Crippen LogP contribution in [0.2, 0.25) is 5.02 Å². The van der Waals surface area contributed by atoms with E-state index in [1.54, 1.807) is 11.1 Å². The van der Waals surface area contributed by atoms with Crippen LogP contribution in [0.4, 0.5) is 21.5 Å². The summed E-state index contributed by atoms with van der Waals surface area (Å²) in [6, 6.07) is 14.6. The summed E-state index contributed by atoms with van der Waals surface area (Å²) in [5.74, 6) is -4.10. The fraction of sp³-hybridized carbons (Fsp3) is 0.148. The predicted molar refractivity (Wildman–Crippen MR) is 136 cm³/mol. The van der Waals surface area contributed by atoms with E-state index in [-0.39, 0.29) is 22.1 Å². The molecule has 190 valence electrons. The average Bonchev–Trinajstić information content (AvgIpc) is 3.38. The fourth-order valence-electron chi connectivity index (χ4n) is 5.65. The summed E-state index contributed by atoms with van der Waals surface area (Å²) in [5.41, 5.74) is 1.62. The lowest BCUT2D eigenvalue weighted by Crippen LogP contribution is -2.46. The van der Waals surface area contributed by atoms with E-state index in [2.05, 4.69) is 5.32 Å². The summed E-state index contributed by atoms with van der Waals surface area (Å²) in [6.07, 6.45) is 3.51. The molecule has 0 radical (unpaired) electrons. The Bertz CT molecular complexity index is 1560. The Morgan fingerprint density at radius 3 is 2.45 bits per heavy atom. The second kappa shape index (κ2) is 8.77. The number of halogens is 2. The summed E-state index contributed by atoms with van der Waals surface area (Å²) in [6.45, 7) is 0. The number of carbonyl (C=O) groups excluding carboxylic acids is 3. The van der Waals surface area contributed by atoms with Crippen LogP contribution in [-0.4, -0.2) is 33.6 Å². The molecule has 0 spiro atoms. The smallest absolute Gasteiger partial charge is 0.289 e. The van der Waals surface area contributed by atoms with Crippen LogP contribution >= 0.6 is 11.6 Å². The second-order valence-corrected chi connectivity index (χ2v) is 9.64. The van der Waals surface area contributed by atoms with Crippen molar-refractivity contribution in [3.05, 3.63) is 105 Å². The number of nitrogens with one attached hydrogen (secondary N) is 1. The number of nitro groups is 1. The summed E-state index contributed by atoms with van der Waals surface area (Å²) >= 11 is 5.90. The van der Waals surface area contributed by atoms with Crippen molar-refractivity contribution in [2.75, 3.05) is 10.2 Å². The van der Waals surface area contributed by atoms with Crippen molar-refractivity contribution in [2.24, 2.45) is 11.8 Å². The topological polar surface area (TPSA) is 113 Å². The second-order valence-electron chi connectivity index (χ2n) is 9.23. The summed E-state index contributed by atoms with van der Waals surface area (Å²) in [4.78, 5) is 54.6. The highest BCUT2D eigenvalue weighted by molar-refractivity contribution is 6.32. The number of rotatable bonds is 4. The number of benzene rings is 3. The first-order valence-electron chi connectivity index (χ1n) is 11.7. The molecule has 0 bridgehead atoms. The molecule has 38 heavy (non-hydrogen) atoms. The van der Waals surface area contributed by atoms with Crippen molar-refractivity contribution in [1.29, 1.82) is 0 Å². The Labute approximate surface area is 220 Å². The molecule has 0 saturated carbocycles. The van der Waals surface area contributed by atoms with Gasteiger partial charge in [-0.3, -0.25) is 24.5 Å². The van der Waals surface area contributed by atoms with Crippen LogP contribution in [0, 0.1) is 27.8 Å². The van der Waals surface area contributed by atoms with Crippen LogP contribution in [0.1, 0.15) is 17.2 Å². The molecular formula is C27H18ClFN4O5. The Hall–Kier alpha value is -4.57. The molecule has 0 aromatic heterocycles. The molecule has 0 aliphatic carbocycles. The highest BCUT2D eigenvalue weighted by Gasteiger charge is 2.64. The Morgan fingerprint density at radius 1 is 1.00 bits per heavy atom. The summed E-state index contributed by atoms with van der Waals surface area (Å²) in [7, 11) is 0. The molecule has 3 amide bonds. The third-order valence-corrected chi connectivity index (χ3v) is 7.55. The van der Waals surface area contributed by atoms with E-state index in [1.807, 2.05) is 30.3 Å². The molecule has 2 saturated heterocycles. The van der Waals surface area contributed by atoms with Crippen molar-refractivity contribution in [3.8, 4) is 0 Å². The summed E-state index contributed by atoms with van der Waals surface area (Å²) < 4.78 is 13.6. The van der Waals surface area contributed by atoms with Gasteiger partial charge >= 0.3 is 0 Å². The van der Waals surface area contributed by atoms with Gasteiger partial charge in [0.15, 0.2) is 0 Å².